The molecule has 0 saturated heterocycles. The number of nitrogens with one attached hydrogen (secondary N) is 2. The van der Waals surface area contributed by atoms with Crippen LogP contribution in [0.1, 0.15) is 12.0 Å². The lowest BCUT2D eigenvalue weighted by Crippen LogP contribution is -2.28. The number of sulfonamides is 1. The zero-order valence-corrected chi connectivity index (χ0v) is 16.6. The van der Waals surface area contributed by atoms with Gasteiger partial charge in [-0.05, 0) is 36.4 Å². The normalized spacial score (nSPS) is 14.7. The molecular formula is C18H17F3N2O4S2. The van der Waals surface area contributed by atoms with E-state index >= 15 is 0 Å². The van der Waals surface area contributed by atoms with E-state index in [1.165, 1.54) is 36.0 Å². The number of amides is 1. The highest BCUT2D eigenvalue weighted by Gasteiger charge is 2.30. The van der Waals surface area contributed by atoms with Gasteiger partial charge in [0.15, 0.2) is 0 Å². The van der Waals surface area contributed by atoms with E-state index in [9.17, 15) is 26.4 Å². The number of alkyl halides is 3. The van der Waals surface area contributed by atoms with Gasteiger partial charge in [0, 0.05) is 23.6 Å². The van der Waals surface area contributed by atoms with Crippen molar-refractivity contribution in [2.45, 2.75) is 22.4 Å². The molecule has 1 aliphatic heterocycles. The van der Waals surface area contributed by atoms with Crippen LogP contribution in [-0.2, 0) is 21.0 Å². The Balaban J connectivity index is 1.60. The van der Waals surface area contributed by atoms with Crippen molar-refractivity contribution < 1.29 is 31.1 Å². The van der Waals surface area contributed by atoms with Gasteiger partial charge >= 0.3 is 6.18 Å². The largest absolute Gasteiger partial charge is 0.492 e. The van der Waals surface area contributed by atoms with Crippen molar-refractivity contribution in [3.05, 3.63) is 48.0 Å². The van der Waals surface area contributed by atoms with Crippen LogP contribution in [0, 0.1) is 0 Å². The topological polar surface area (TPSA) is 84.5 Å². The Morgan fingerprint density at radius 2 is 1.97 bits per heavy atom. The van der Waals surface area contributed by atoms with Crippen molar-refractivity contribution >= 4 is 33.4 Å². The van der Waals surface area contributed by atoms with Crippen LogP contribution in [0.25, 0.3) is 0 Å². The van der Waals surface area contributed by atoms with E-state index in [2.05, 4.69) is 10.0 Å². The van der Waals surface area contributed by atoms with Crippen LogP contribution in [0.3, 0.4) is 0 Å². The Labute approximate surface area is 169 Å². The summed E-state index contributed by atoms with van der Waals surface area (Å²) in [6.07, 6.45) is -4.15. The Kier molecular flexibility index (Phi) is 6.39. The van der Waals surface area contributed by atoms with E-state index in [0.717, 1.165) is 17.0 Å². The molecule has 2 aromatic carbocycles. The van der Waals surface area contributed by atoms with E-state index < -0.39 is 21.8 Å². The van der Waals surface area contributed by atoms with Crippen molar-refractivity contribution in [2.75, 3.05) is 24.2 Å². The molecule has 1 heterocycles. The zero-order valence-electron chi connectivity index (χ0n) is 15.0. The molecular weight excluding hydrogens is 429 g/mol. The molecule has 0 unspecified atom stereocenters. The predicted octanol–water partition coefficient (Wildman–Crippen LogP) is 3.50. The molecule has 0 bridgehead atoms. The second-order valence-corrected chi connectivity index (χ2v) is 8.98. The second-order valence-electron chi connectivity index (χ2n) is 6.08. The van der Waals surface area contributed by atoms with Crippen LogP contribution in [0.4, 0.5) is 18.9 Å². The third kappa shape index (κ3) is 5.64. The van der Waals surface area contributed by atoms with Crippen molar-refractivity contribution in [2.24, 2.45) is 0 Å². The number of thioether (sulfide) groups is 1. The van der Waals surface area contributed by atoms with E-state index in [1.807, 2.05) is 0 Å². The lowest BCUT2D eigenvalue weighted by Gasteiger charge is -2.12. The van der Waals surface area contributed by atoms with Gasteiger partial charge in [-0.3, -0.25) is 4.79 Å². The number of carbonyl (C=O) groups excluding carboxylic acids is 1. The maximum atomic E-state index is 12.7. The molecule has 0 fully saturated rings. The minimum atomic E-state index is -4.49. The minimum absolute atomic E-state index is 0.0104. The van der Waals surface area contributed by atoms with Crippen LogP contribution >= 0.6 is 11.8 Å². The van der Waals surface area contributed by atoms with Gasteiger partial charge in [-0.15, -0.1) is 11.8 Å². The van der Waals surface area contributed by atoms with Crippen LogP contribution in [-0.4, -0.2) is 33.2 Å². The summed E-state index contributed by atoms with van der Waals surface area (Å²) in [6, 6.07) is 8.77. The third-order valence-electron chi connectivity index (χ3n) is 3.95. The fraction of sp³-hybridized carbons (Fsp3) is 0.278. The van der Waals surface area contributed by atoms with Gasteiger partial charge in [0.25, 0.3) is 0 Å². The van der Waals surface area contributed by atoms with Crippen molar-refractivity contribution in [1.29, 1.82) is 0 Å². The number of benzene rings is 2. The molecule has 0 spiro atoms. The maximum Gasteiger partial charge on any atom is 0.416 e. The van der Waals surface area contributed by atoms with Crippen LogP contribution in [0.2, 0.25) is 0 Å². The molecule has 0 radical (unpaired) electrons. The summed E-state index contributed by atoms with van der Waals surface area (Å²) >= 11 is 1.46. The fourth-order valence-electron chi connectivity index (χ4n) is 2.56. The van der Waals surface area contributed by atoms with Crippen molar-refractivity contribution in [3.63, 3.8) is 0 Å². The number of hydrogen-bond donors (Lipinski definition) is 2. The highest BCUT2D eigenvalue weighted by Crippen LogP contribution is 2.33. The Morgan fingerprint density at radius 1 is 1.17 bits per heavy atom. The zero-order chi connectivity index (χ0) is 21.1. The monoisotopic (exact) mass is 446 g/mol. The quantitative estimate of drug-likeness (QED) is 0.664. The number of fused-ring (bicyclic) bond motifs is 1. The minimum Gasteiger partial charge on any atom is -0.492 e. The first kappa shape index (κ1) is 21.5. The molecule has 0 aliphatic carbocycles. The van der Waals surface area contributed by atoms with Gasteiger partial charge in [-0.2, -0.15) is 13.2 Å². The van der Waals surface area contributed by atoms with Gasteiger partial charge in [-0.1, -0.05) is 6.07 Å². The summed E-state index contributed by atoms with van der Waals surface area (Å²) in [4.78, 5) is 12.4. The van der Waals surface area contributed by atoms with Gasteiger partial charge in [0.2, 0.25) is 15.9 Å². The average Bonchev–Trinajstić information content (AvgIpc) is 2.84. The van der Waals surface area contributed by atoms with Gasteiger partial charge in [-0.25, -0.2) is 13.1 Å². The first-order chi connectivity index (χ1) is 13.6. The summed E-state index contributed by atoms with van der Waals surface area (Å²) < 4.78 is 70.5. The summed E-state index contributed by atoms with van der Waals surface area (Å²) in [5.74, 6) is 0.410. The average molecular weight is 446 g/mol. The van der Waals surface area contributed by atoms with Crippen molar-refractivity contribution in [3.8, 4) is 5.75 Å². The summed E-state index contributed by atoms with van der Waals surface area (Å²) in [7, 11) is -3.88. The molecule has 2 aromatic rings. The van der Waals surface area contributed by atoms with Gasteiger partial charge in [0.1, 0.15) is 12.4 Å². The van der Waals surface area contributed by atoms with E-state index in [-0.39, 0.29) is 29.7 Å². The van der Waals surface area contributed by atoms with Crippen LogP contribution < -0.4 is 14.8 Å². The maximum absolute atomic E-state index is 12.7. The number of carbonyl (C=O) groups is 1. The summed E-state index contributed by atoms with van der Waals surface area (Å²) in [6.45, 7) is -0.297. The first-order valence-electron chi connectivity index (χ1n) is 8.51. The third-order valence-corrected chi connectivity index (χ3v) is 6.48. The number of halogens is 3. The van der Waals surface area contributed by atoms with E-state index in [0.29, 0.717) is 17.9 Å². The standard InChI is InChI=1S/C18H17F3N2O4S2/c19-18(20,21)12-2-1-3-13(10-12)27-8-7-22-29(25,26)14-4-5-16-15(11-14)23-17(24)6-9-28-16/h1-5,10-11,22H,6-9H2,(H,23,24). The molecule has 3 rings (SSSR count). The molecule has 0 atom stereocenters. The SMILES string of the molecule is O=C1CCSc2ccc(S(=O)(=O)NCCOc3cccc(C(F)(F)F)c3)cc2N1. The Hall–Kier alpha value is -2.24. The second kappa shape index (κ2) is 8.64. The summed E-state index contributed by atoms with van der Waals surface area (Å²) in [5, 5.41) is 2.67. The number of ether oxygens (including phenoxy) is 1. The molecule has 11 heteroatoms. The van der Waals surface area contributed by atoms with Crippen molar-refractivity contribution in [1.82, 2.24) is 4.72 Å². The Morgan fingerprint density at radius 3 is 2.72 bits per heavy atom. The highest BCUT2D eigenvalue weighted by atomic mass is 32.2. The number of rotatable bonds is 6. The first-order valence-corrected chi connectivity index (χ1v) is 11.0. The van der Waals surface area contributed by atoms with E-state index in [4.69, 9.17) is 4.74 Å². The predicted molar refractivity (Wildman–Crippen MR) is 103 cm³/mol. The number of hydrogen-bond acceptors (Lipinski definition) is 5. The lowest BCUT2D eigenvalue weighted by molar-refractivity contribution is -0.137. The molecule has 1 aliphatic rings. The number of anilines is 1. The molecule has 6 nitrogen and oxygen atoms in total. The summed E-state index contributed by atoms with van der Waals surface area (Å²) in [5.41, 5.74) is -0.416. The molecule has 0 aromatic heterocycles. The molecule has 29 heavy (non-hydrogen) atoms. The van der Waals surface area contributed by atoms with Crippen LogP contribution in [0.5, 0.6) is 5.75 Å². The lowest BCUT2D eigenvalue weighted by atomic mass is 10.2. The smallest absolute Gasteiger partial charge is 0.416 e. The highest BCUT2D eigenvalue weighted by molar-refractivity contribution is 7.99. The molecule has 1 amide bonds. The molecule has 2 N–H and O–H groups in total. The van der Waals surface area contributed by atoms with Gasteiger partial charge in [0.05, 0.1) is 16.1 Å². The van der Waals surface area contributed by atoms with Gasteiger partial charge < -0.3 is 10.1 Å². The fourth-order valence-corrected chi connectivity index (χ4v) is 4.53. The Bertz CT molecular complexity index is 1010. The molecule has 0 saturated carbocycles. The molecule has 156 valence electrons. The van der Waals surface area contributed by atoms with Crippen LogP contribution in [0.15, 0.2) is 52.3 Å². The van der Waals surface area contributed by atoms with E-state index in [1.54, 1.807) is 6.07 Å².